The largest absolute Gasteiger partial charge is 0.484 e. The van der Waals surface area contributed by atoms with Gasteiger partial charge < -0.3 is 24.9 Å². The Morgan fingerprint density at radius 2 is 1.94 bits per heavy atom. The molecule has 0 spiro atoms. The molecule has 3 rings (SSSR count). The zero-order valence-corrected chi connectivity index (χ0v) is 18.8. The molecule has 1 aromatic carbocycles. The van der Waals surface area contributed by atoms with E-state index < -0.39 is 17.9 Å². The van der Waals surface area contributed by atoms with Gasteiger partial charge in [-0.3, -0.25) is 14.4 Å². The van der Waals surface area contributed by atoms with Crippen molar-refractivity contribution in [2.24, 2.45) is 0 Å². The summed E-state index contributed by atoms with van der Waals surface area (Å²) in [6.45, 7) is 1.83. The van der Waals surface area contributed by atoms with Crippen LogP contribution in [0.1, 0.15) is 56.6 Å². The first kappa shape index (κ1) is 24.3. The van der Waals surface area contributed by atoms with Gasteiger partial charge in [0, 0.05) is 30.0 Å². The van der Waals surface area contributed by atoms with Crippen molar-refractivity contribution < 1.29 is 28.6 Å². The first-order valence-electron chi connectivity index (χ1n) is 11.4. The van der Waals surface area contributed by atoms with E-state index in [-0.39, 0.29) is 31.1 Å². The average Bonchev–Trinajstić information content (AvgIpc) is 2.80. The summed E-state index contributed by atoms with van der Waals surface area (Å²) in [5.41, 5.74) is 1.91. The molecule has 2 aromatic rings. The molecule has 0 saturated carbocycles. The number of rotatable bonds is 11. The second-order valence-electron chi connectivity index (χ2n) is 8.20. The van der Waals surface area contributed by atoms with Crippen molar-refractivity contribution in [3.05, 3.63) is 39.7 Å². The van der Waals surface area contributed by atoms with Gasteiger partial charge in [0.25, 0.3) is 5.91 Å². The molecule has 178 valence electrons. The lowest BCUT2D eigenvalue weighted by Crippen LogP contribution is -2.48. The van der Waals surface area contributed by atoms with E-state index in [4.69, 9.17) is 14.3 Å². The van der Waals surface area contributed by atoms with E-state index in [0.717, 1.165) is 42.2 Å². The summed E-state index contributed by atoms with van der Waals surface area (Å²) in [4.78, 5) is 47.5. The number of ether oxygens (including phenoxy) is 1. The second kappa shape index (κ2) is 11.5. The van der Waals surface area contributed by atoms with Gasteiger partial charge in [-0.1, -0.05) is 13.3 Å². The molecular weight excluding hydrogens is 428 g/mol. The summed E-state index contributed by atoms with van der Waals surface area (Å²) in [5.74, 6) is -1.34. The molecule has 0 aliphatic heterocycles. The number of carbonyl (C=O) groups excluding carboxylic acids is 2. The maximum atomic E-state index is 12.4. The predicted octanol–water partition coefficient (Wildman–Crippen LogP) is 2.32. The fraction of sp³-hybridized carbons (Fsp3) is 0.500. The summed E-state index contributed by atoms with van der Waals surface area (Å²) < 4.78 is 11.0. The van der Waals surface area contributed by atoms with Crippen LogP contribution in [0, 0.1) is 0 Å². The van der Waals surface area contributed by atoms with Crippen LogP contribution in [0.5, 0.6) is 5.75 Å². The number of carbonyl (C=O) groups is 3. The van der Waals surface area contributed by atoms with Crippen molar-refractivity contribution in [3.8, 4) is 5.75 Å². The number of carboxylic acid groups (broad SMARTS) is 1. The Balaban J connectivity index is 1.58. The molecule has 2 amide bonds. The quantitative estimate of drug-likeness (QED) is 0.347. The molecule has 1 aromatic heterocycles. The number of carboxylic acids is 1. The third-order valence-corrected chi connectivity index (χ3v) is 5.66. The molecule has 0 bridgehead atoms. The highest BCUT2D eigenvalue weighted by Crippen LogP contribution is 2.29. The summed E-state index contributed by atoms with van der Waals surface area (Å²) in [6, 6.07) is 4.47. The van der Waals surface area contributed by atoms with E-state index in [1.165, 1.54) is 0 Å². The van der Waals surface area contributed by atoms with Gasteiger partial charge in [-0.15, -0.1) is 0 Å². The monoisotopic (exact) mass is 458 g/mol. The van der Waals surface area contributed by atoms with Crippen molar-refractivity contribution >= 4 is 28.8 Å². The van der Waals surface area contributed by atoms with E-state index in [9.17, 15) is 19.2 Å². The summed E-state index contributed by atoms with van der Waals surface area (Å²) >= 11 is 0. The van der Waals surface area contributed by atoms with Crippen molar-refractivity contribution in [2.75, 3.05) is 13.2 Å². The molecule has 33 heavy (non-hydrogen) atoms. The molecule has 1 heterocycles. The lowest BCUT2D eigenvalue weighted by molar-refractivity contribution is -0.137. The fourth-order valence-electron chi connectivity index (χ4n) is 4.03. The smallest absolute Gasteiger partial charge is 0.339 e. The maximum absolute atomic E-state index is 12.4. The first-order chi connectivity index (χ1) is 15.9. The number of nitrogens with one attached hydrogen (secondary N) is 2. The van der Waals surface area contributed by atoms with Gasteiger partial charge in [-0.05, 0) is 56.2 Å². The molecule has 0 unspecified atom stereocenters. The maximum Gasteiger partial charge on any atom is 0.339 e. The summed E-state index contributed by atoms with van der Waals surface area (Å²) in [6.07, 6.45) is 5.02. The number of fused-ring (bicyclic) bond motifs is 3. The van der Waals surface area contributed by atoms with Crippen molar-refractivity contribution in [3.63, 3.8) is 0 Å². The molecular formula is C24H30N2O7. The number of aryl methyl sites for hydroxylation is 1. The van der Waals surface area contributed by atoms with E-state index >= 15 is 0 Å². The molecule has 9 nitrogen and oxygen atoms in total. The van der Waals surface area contributed by atoms with Crippen molar-refractivity contribution in [1.29, 1.82) is 0 Å². The minimum atomic E-state index is -0.923. The standard InChI is InChI=1S/C24H30N2O7/c1-2-6-19(23(30)25-12-5-9-22(28)29)26-21(27)14-32-15-10-11-17-16-7-3-4-8-18(16)24(31)33-20(17)13-15/h10-11,13,19H,2-9,12,14H2,1H3,(H,25,30)(H,26,27)(H,28,29)/t19-/m0/s1. The number of benzene rings is 1. The van der Waals surface area contributed by atoms with Gasteiger partial charge in [0.2, 0.25) is 5.91 Å². The van der Waals surface area contributed by atoms with Crippen LogP contribution in [0.2, 0.25) is 0 Å². The van der Waals surface area contributed by atoms with Crippen LogP contribution in [0.15, 0.2) is 27.4 Å². The molecule has 1 aliphatic rings. The highest BCUT2D eigenvalue weighted by Gasteiger charge is 2.21. The summed E-state index contributed by atoms with van der Waals surface area (Å²) in [7, 11) is 0. The lowest BCUT2D eigenvalue weighted by atomic mass is 9.91. The van der Waals surface area contributed by atoms with Crippen molar-refractivity contribution in [2.45, 2.75) is 64.3 Å². The number of hydrogen-bond donors (Lipinski definition) is 3. The zero-order valence-electron chi connectivity index (χ0n) is 18.8. The summed E-state index contributed by atoms with van der Waals surface area (Å²) in [5, 5.41) is 14.9. The average molecular weight is 459 g/mol. The van der Waals surface area contributed by atoms with Crippen LogP contribution in [0.3, 0.4) is 0 Å². The number of amides is 2. The van der Waals surface area contributed by atoms with Crippen LogP contribution in [0.25, 0.3) is 11.0 Å². The highest BCUT2D eigenvalue weighted by atomic mass is 16.5. The van der Waals surface area contributed by atoms with Gasteiger partial charge in [0.05, 0.1) is 0 Å². The molecule has 1 aliphatic carbocycles. The SMILES string of the molecule is CCC[C@H](NC(=O)COc1ccc2c3c(c(=O)oc2c1)CCCC3)C(=O)NCCCC(=O)O. The Kier molecular flexibility index (Phi) is 8.46. The molecule has 9 heteroatoms. The Morgan fingerprint density at radius 3 is 2.67 bits per heavy atom. The van der Waals surface area contributed by atoms with Crippen molar-refractivity contribution in [1.82, 2.24) is 10.6 Å². The zero-order chi connectivity index (χ0) is 23.8. The van der Waals surface area contributed by atoms with Gasteiger partial charge in [0.1, 0.15) is 17.4 Å². The molecule has 0 saturated heterocycles. The third kappa shape index (κ3) is 6.57. The van der Waals surface area contributed by atoms with E-state index in [1.807, 2.05) is 13.0 Å². The van der Waals surface area contributed by atoms with Crippen LogP contribution in [0.4, 0.5) is 0 Å². The van der Waals surface area contributed by atoms with E-state index in [2.05, 4.69) is 10.6 Å². The Morgan fingerprint density at radius 1 is 1.18 bits per heavy atom. The molecule has 0 radical (unpaired) electrons. The van der Waals surface area contributed by atoms with Crippen LogP contribution in [-0.2, 0) is 27.2 Å². The third-order valence-electron chi connectivity index (χ3n) is 5.66. The Labute approximate surface area is 191 Å². The minimum Gasteiger partial charge on any atom is -0.484 e. The van der Waals surface area contributed by atoms with E-state index in [1.54, 1.807) is 12.1 Å². The van der Waals surface area contributed by atoms with Crippen LogP contribution >= 0.6 is 0 Å². The van der Waals surface area contributed by atoms with Gasteiger partial charge in [-0.25, -0.2) is 4.79 Å². The second-order valence-corrected chi connectivity index (χ2v) is 8.20. The van der Waals surface area contributed by atoms with Crippen LogP contribution < -0.4 is 21.0 Å². The molecule has 0 fully saturated rings. The number of aliphatic carboxylic acids is 1. The Bertz CT molecular complexity index is 1080. The van der Waals surface area contributed by atoms with Gasteiger partial charge >= 0.3 is 11.6 Å². The molecule has 3 N–H and O–H groups in total. The lowest BCUT2D eigenvalue weighted by Gasteiger charge is -2.18. The first-order valence-corrected chi connectivity index (χ1v) is 11.4. The van der Waals surface area contributed by atoms with Crippen LogP contribution in [-0.4, -0.2) is 42.1 Å². The van der Waals surface area contributed by atoms with Gasteiger partial charge in [0.15, 0.2) is 6.61 Å². The molecule has 1 atom stereocenters. The highest BCUT2D eigenvalue weighted by molar-refractivity contribution is 5.88. The predicted molar refractivity (Wildman–Crippen MR) is 121 cm³/mol. The van der Waals surface area contributed by atoms with E-state index in [0.29, 0.717) is 30.6 Å². The number of hydrogen-bond acceptors (Lipinski definition) is 6. The fourth-order valence-corrected chi connectivity index (χ4v) is 4.03. The minimum absolute atomic E-state index is 0.0341. The van der Waals surface area contributed by atoms with Gasteiger partial charge in [-0.2, -0.15) is 0 Å². The Hall–Kier alpha value is -3.36. The topological polar surface area (TPSA) is 135 Å². The normalized spacial score (nSPS) is 13.7.